The Morgan fingerprint density at radius 3 is 2.40 bits per heavy atom. The van der Waals surface area contributed by atoms with Crippen LogP contribution in [0.1, 0.15) is 40.0 Å². The van der Waals surface area contributed by atoms with Crippen LogP contribution >= 0.6 is 0 Å². The van der Waals surface area contributed by atoms with Crippen molar-refractivity contribution in [2.75, 3.05) is 13.1 Å². The zero-order valence-electron chi connectivity index (χ0n) is 9.92. The predicted molar refractivity (Wildman–Crippen MR) is 59.3 cm³/mol. The van der Waals surface area contributed by atoms with Crippen LogP contribution in [0.5, 0.6) is 0 Å². The lowest BCUT2D eigenvalue weighted by atomic mass is 9.92. The number of hydrogen-bond acceptors (Lipinski definition) is 3. The summed E-state index contributed by atoms with van der Waals surface area (Å²) >= 11 is 0. The van der Waals surface area contributed by atoms with Gasteiger partial charge in [-0.05, 0) is 26.2 Å². The van der Waals surface area contributed by atoms with Crippen LogP contribution in [0.25, 0.3) is 0 Å². The maximum atomic E-state index is 12.1. The summed E-state index contributed by atoms with van der Waals surface area (Å²) in [5, 5.41) is 9.79. The van der Waals surface area contributed by atoms with Crippen molar-refractivity contribution < 1.29 is 9.90 Å². The fourth-order valence-corrected chi connectivity index (χ4v) is 1.99. The Kier molecular flexibility index (Phi) is 3.41. The van der Waals surface area contributed by atoms with E-state index < -0.39 is 11.1 Å². The molecule has 88 valence electrons. The second kappa shape index (κ2) is 4.10. The first-order chi connectivity index (χ1) is 6.84. The molecule has 0 aliphatic carbocycles. The fraction of sp³-hybridized carbons (Fsp3) is 0.909. The van der Waals surface area contributed by atoms with Crippen molar-refractivity contribution in [2.45, 2.75) is 51.2 Å². The minimum absolute atomic E-state index is 0.0229. The van der Waals surface area contributed by atoms with Crippen molar-refractivity contribution in [1.82, 2.24) is 4.90 Å². The first-order valence-corrected chi connectivity index (χ1v) is 5.65. The molecule has 0 aromatic rings. The van der Waals surface area contributed by atoms with Crippen LogP contribution in [0.3, 0.4) is 0 Å². The van der Waals surface area contributed by atoms with E-state index in [0.717, 1.165) is 0 Å². The molecule has 1 heterocycles. The maximum absolute atomic E-state index is 12.1. The molecule has 1 fully saturated rings. The average Bonchev–Trinajstić information content (AvgIpc) is 2.56. The van der Waals surface area contributed by atoms with E-state index >= 15 is 0 Å². The molecule has 1 aliphatic heterocycles. The van der Waals surface area contributed by atoms with Crippen molar-refractivity contribution in [3.63, 3.8) is 0 Å². The summed E-state index contributed by atoms with van der Waals surface area (Å²) in [6, 6.07) is 0. The van der Waals surface area contributed by atoms with Gasteiger partial charge in [-0.2, -0.15) is 0 Å². The van der Waals surface area contributed by atoms with Crippen LogP contribution in [-0.2, 0) is 4.79 Å². The van der Waals surface area contributed by atoms with E-state index in [-0.39, 0.29) is 5.91 Å². The number of hydrogen-bond donors (Lipinski definition) is 2. The van der Waals surface area contributed by atoms with Gasteiger partial charge in [0, 0.05) is 13.1 Å². The van der Waals surface area contributed by atoms with Crippen LogP contribution in [0, 0.1) is 0 Å². The third kappa shape index (κ3) is 2.49. The zero-order chi connectivity index (χ0) is 11.7. The van der Waals surface area contributed by atoms with Crippen LogP contribution in [0.4, 0.5) is 0 Å². The van der Waals surface area contributed by atoms with Gasteiger partial charge in [-0.25, -0.2) is 0 Å². The molecule has 1 saturated heterocycles. The topological polar surface area (TPSA) is 66.6 Å². The molecule has 1 rings (SSSR count). The van der Waals surface area contributed by atoms with Crippen molar-refractivity contribution >= 4 is 5.91 Å². The summed E-state index contributed by atoms with van der Waals surface area (Å²) in [5.41, 5.74) is 4.55. The van der Waals surface area contributed by atoms with Gasteiger partial charge < -0.3 is 15.7 Å². The van der Waals surface area contributed by atoms with Gasteiger partial charge in [0.15, 0.2) is 0 Å². The number of β-amino-alcohol motifs (C(OH)–C–C–N with tert-alkyl or cyclic N) is 1. The van der Waals surface area contributed by atoms with Gasteiger partial charge >= 0.3 is 0 Å². The zero-order valence-corrected chi connectivity index (χ0v) is 9.92. The van der Waals surface area contributed by atoms with Crippen LogP contribution < -0.4 is 5.73 Å². The fourth-order valence-electron chi connectivity index (χ4n) is 1.99. The largest absolute Gasteiger partial charge is 0.388 e. The number of aliphatic hydroxyl groups is 1. The molecular formula is C11H22N2O2. The lowest BCUT2D eigenvalue weighted by Crippen LogP contribution is -2.54. The summed E-state index contributed by atoms with van der Waals surface area (Å²) in [6.45, 7) is 6.64. The summed E-state index contributed by atoms with van der Waals surface area (Å²) in [7, 11) is 0. The van der Waals surface area contributed by atoms with Crippen molar-refractivity contribution in [3.05, 3.63) is 0 Å². The van der Waals surface area contributed by atoms with E-state index in [1.54, 1.807) is 11.8 Å². The standard InChI is InChI=1S/C11H22N2O2/c1-4-11(12,5-2)9(14)13-7-6-10(3,15)8-13/h15H,4-8,12H2,1-3H3. The summed E-state index contributed by atoms with van der Waals surface area (Å²) in [5.74, 6) is -0.0229. The second-order valence-corrected chi connectivity index (χ2v) is 4.84. The van der Waals surface area contributed by atoms with Gasteiger partial charge in [-0.3, -0.25) is 4.79 Å². The maximum Gasteiger partial charge on any atom is 0.242 e. The van der Waals surface area contributed by atoms with E-state index in [0.29, 0.717) is 32.4 Å². The first kappa shape index (κ1) is 12.5. The normalized spacial score (nSPS) is 27.1. The highest BCUT2D eigenvalue weighted by atomic mass is 16.3. The van der Waals surface area contributed by atoms with Gasteiger partial charge in [-0.15, -0.1) is 0 Å². The molecule has 4 heteroatoms. The van der Waals surface area contributed by atoms with E-state index in [1.165, 1.54) is 0 Å². The third-order valence-electron chi connectivity index (χ3n) is 3.43. The van der Waals surface area contributed by atoms with Crippen LogP contribution in [0.2, 0.25) is 0 Å². The van der Waals surface area contributed by atoms with Crippen LogP contribution in [0.15, 0.2) is 0 Å². The monoisotopic (exact) mass is 214 g/mol. The van der Waals surface area contributed by atoms with E-state index in [1.807, 2.05) is 13.8 Å². The molecule has 3 N–H and O–H groups in total. The number of likely N-dealkylation sites (tertiary alicyclic amines) is 1. The molecule has 1 unspecified atom stereocenters. The smallest absolute Gasteiger partial charge is 0.242 e. The highest BCUT2D eigenvalue weighted by Gasteiger charge is 2.40. The molecule has 4 nitrogen and oxygen atoms in total. The lowest BCUT2D eigenvalue weighted by Gasteiger charge is -2.31. The number of carbonyl (C=O) groups excluding carboxylic acids is 1. The Hall–Kier alpha value is -0.610. The third-order valence-corrected chi connectivity index (χ3v) is 3.43. The Balaban J connectivity index is 2.70. The highest BCUT2D eigenvalue weighted by molar-refractivity contribution is 5.86. The number of carbonyl (C=O) groups is 1. The molecule has 0 bridgehead atoms. The quantitative estimate of drug-likeness (QED) is 0.718. The second-order valence-electron chi connectivity index (χ2n) is 4.84. The van der Waals surface area contributed by atoms with Gasteiger partial charge in [-0.1, -0.05) is 13.8 Å². The molecule has 15 heavy (non-hydrogen) atoms. The number of rotatable bonds is 3. The highest BCUT2D eigenvalue weighted by Crippen LogP contribution is 2.24. The molecule has 0 spiro atoms. The van der Waals surface area contributed by atoms with E-state index in [9.17, 15) is 9.90 Å². The molecule has 1 aliphatic rings. The Morgan fingerprint density at radius 1 is 1.53 bits per heavy atom. The summed E-state index contributed by atoms with van der Waals surface area (Å²) in [6.07, 6.45) is 1.92. The van der Waals surface area contributed by atoms with Crippen LogP contribution in [-0.4, -0.2) is 40.1 Å². The van der Waals surface area contributed by atoms with Gasteiger partial charge in [0.2, 0.25) is 5.91 Å². The van der Waals surface area contributed by atoms with Crippen molar-refractivity contribution in [3.8, 4) is 0 Å². The molecule has 0 aromatic heterocycles. The van der Waals surface area contributed by atoms with E-state index in [2.05, 4.69) is 0 Å². The number of amides is 1. The van der Waals surface area contributed by atoms with Gasteiger partial charge in [0.1, 0.15) is 0 Å². The molecule has 1 atom stereocenters. The SMILES string of the molecule is CCC(N)(CC)C(=O)N1CCC(C)(O)C1. The molecule has 0 radical (unpaired) electrons. The minimum Gasteiger partial charge on any atom is -0.388 e. The molecule has 0 aromatic carbocycles. The average molecular weight is 214 g/mol. The first-order valence-electron chi connectivity index (χ1n) is 5.65. The van der Waals surface area contributed by atoms with Gasteiger partial charge in [0.05, 0.1) is 11.1 Å². The molecule has 0 saturated carbocycles. The Bertz CT molecular complexity index is 247. The Morgan fingerprint density at radius 2 is 2.07 bits per heavy atom. The van der Waals surface area contributed by atoms with E-state index in [4.69, 9.17) is 5.73 Å². The number of nitrogens with zero attached hydrogens (tertiary/aromatic N) is 1. The predicted octanol–water partition coefficient (Wildman–Crippen LogP) is 0.487. The lowest BCUT2D eigenvalue weighted by molar-refractivity contribution is -0.137. The summed E-state index contributed by atoms with van der Waals surface area (Å²) < 4.78 is 0. The van der Waals surface area contributed by atoms with Crippen molar-refractivity contribution in [2.24, 2.45) is 5.73 Å². The van der Waals surface area contributed by atoms with Crippen molar-refractivity contribution in [1.29, 1.82) is 0 Å². The summed E-state index contributed by atoms with van der Waals surface area (Å²) in [4.78, 5) is 13.8. The van der Waals surface area contributed by atoms with Gasteiger partial charge in [0.25, 0.3) is 0 Å². The minimum atomic E-state index is -0.750. The molecule has 1 amide bonds. The Labute approximate surface area is 91.4 Å². The number of nitrogens with two attached hydrogens (primary N) is 1. The molecular weight excluding hydrogens is 192 g/mol.